The van der Waals surface area contributed by atoms with Gasteiger partial charge in [-0.05, 0) is 58.7 Å². The number of aromatic nitrogens is 1. The van der Waals surface area contributed by atoms with Crippen molar-refractivity contribution in [3.63, 3.8) is 0 Å². The SMILES string of the molecule is O=C(c1ccccc1)c1cccc2c3cccc(C(=O)c4ccccc4)c3n(-c3cccc4c3C(=O)N(c3c(-c5ccccc5)cc(-c5ccccc5)cc3-c3ccccc3)C4=O)c12. The second-order valence-corrected chi connectivity index (χ2v) is 15.8. The largest absolute Gasteiger partial charge is 0.307 e. The number of anilines is 1. The minimum absolute atomic E-state index is 0.167. The Kier molecular flexibility index (Phi) is 9.32. The first-order valence-corrected chi connectivity index (χ1v) is 21.1. The number of fused-ring (bicyclic) bond motifs is 4. The van der Waals surface area contributed by atoms with E-state index in [0.29, 0.717) is 55.8 Å². The molecule has 0 fully saturated rings. The van der Waals surface area contributed by atoms with Crippen molar-refractivity contribution in [3.05, 3.63) is 252 Å². The van der Waals surface area contributed by atoms with Gasteiger partial charge in [-0.3, -0.25) is 19.2 Å². The van der Waals surface area contributed by atoms with Crippen LogP contribution >= 0.6 is 0 Å². The van der Waals surface area contributed by atoms with E-state index in [0.717, 1.165) is 33.0 Å². The van der Waals surface area contributed by atoms with Gasteiger partial charge in [0.05, 0.1) is 33.5 Å². The Balaban J connectivity index is 1.20. The van der Waals surface area contributed by atoms with Crippen LogP contribution in [0.15, 0.2) is 218 Å². The molecule has 0 bridgehead atoms. The van der Waals surface area contributed by atoms with Crippen LogP contribution in [0.1, 0.15) is 52.6 Å². The number of imide groups is 1. The van der Waals surface area contributed by atoms with Gasteiger partial charge in [0, 0.05) is 44.2 Å². The summed E-state index contributed by atoms with van der Waals surface area (Å²) in [5.74, 6) is -1.45. The van der Waals surface area contributed by atoms with Gasteiger partial charge in [-0.2, -0.15) is 0 Å². The van der Waals surface area contributed by atoms with Crippen molar-refractivity contribution in [1.82, 2.24) is 4.57 Å². The third-order valence-corrected chi connectivity index (χ3v) is 12.1. The molecule has 0 aliphatic carbocycles. The lowest BCUT2D eigenvalue weighted by Crippen LogP contribution is -2.30. The van der Waals surface area contributed by atoms with Crippen LogP contribution in [0.3, 0.4) is 0 Å². The van der Waals surface area contributed by atoms with Gasteiger partial charge in [0.25, 0.3) is 11.8 Å². The van der Waals surface area contributed by atoms with Crippen LogP contribution in [-0.4, -0.2) is 27.9 Å². The number of carbonyl (C=O) groups is 4. The van der Waals surface area contributed by atoms with E-state index >= 15 is 9.59 Å². The lowest BCUT2D eigenvalue weighted by molar-refractivity contribution is 0.0924. The molecule has 9 aromatic carbocycles. The number of ketones is 2. The average molecular weight is 825 g/mol. The molecule has 0 unspecified atom stereocenters. The normalized spacial score (nSPS) is 12.2. The molecule has 0 spiro atoms. The van der Waals surface area contributed by atoms with Crippen molar-refractivity contribution in [2.24, 2.45) is 0 Å². The zero-order valence-electron chi connectivity index (χ0n) is 34.3. The fraction of sp³-hybridized carbons (Fsp3) is 0. The molecule has 2 amide bonds. The quantitative estimate of drug-likeness (QED) is 0.107. The molecule has 0 N–H and O–H groups in total. The summed E-state index contributed by atoms with van der Waals surface area (Å²) >= 11 is 0. The Hall–Kier alpha value is -8.74. The first-order chi connectivity index (χ1) is 31.5. The zero-order valence-corrected chi connectivity index (χ0v) is 34.3. The summed E-state index contributed by atoms with van der Waals surface area (Å²) in [6.45, 7) is 0. The van der Waals surface area contributed by atoms with E-state index in [9.17, 15) is 9.59 Å². The van der Waals surface area contributed by atoms with Gasteiger partial charge in [0.1, 0.15) is 0 Å². The highest BCUT2D eigenvalue weighted by atomic mass is 16.2. The Morgan fingerprint density at radius 1 is 0.359 bits per heavy atom. The number of benzene rings is 9. The van der Waals surface area contributed by atoms with Crippen LogP contribution in [0.25, 0.3) is 60.9 Å². The highest BCUT2D eigenvalue weighted by Crippen LogP contribution is 2.47. The molecule has 6 nitrogen and oxygen atoms in total. The van der Waals surface area contributed by atoms with E-state index in [1.807, 2.05) is 168 Å². The van der Waals surface area contributed by atoms with Crippen LogP contribution in [-0.2, 0) is 0 Å². The summed E-state index contributed by atoms with van der Waals surface area (Å²) in [7, 11) is 0. The maximum Gasteiger partial charge on any atom is 0.268 e. The first kappa shape index (κ1) is 38.2. The Morgan fingerprint density at radius 2 is 0.781 bits per heavy atom. The molecular formula is C58H36N2O4. The van der Waals surface area contributed by atoms with Crippen LogP contribution in [0.2, 0.25) is 0 Å². The van der Waals surface area contributed by atoms with E-state index in [-0.39, 0.29) is 22.7 Å². The minimum atomic E-state index is -0.522. The number of hydrogen-bond donors (Lipinski definition) is 0. The van der Waals surface area contributed by atoms with Crippen molar-refractivity contribution in [1.29, 1.82) is 0 Å². The van der Waals surface area contributed by atoms with Gasteiger partial charge >= 0.3 is 0 Å². The summed E-state index contributed by atoms with van der Waals surface area (Å²) < 4.78 is 1.86. The third-order valence-electron chi connectivity index (χ3n) is 12.1. The van der Waals surface area contributed by atoms with Gasteiger partial charge in [-0.1, -0.05) is 182 Å². The summed E-state index contributed by atoms with van der Waals surface area (Å²) in [5, 5.41) is 1.44. The van der Waals surface area contributed by atoms with Crippen molar-refractivity contribution < 1.29 is 19.2 Å². The minimum Gasteiger partial charge on any atom is -0.307 e. The van der Waals surface area contributed by atoms with E-state index in [4.69, 9.17) is 0 Å². The Morgan fingerprint density at radius 3 is 1.25 bits per heavy atom. The molecule has 1 aliphatic heterocycles. The maximum absolute atomic E-state index is 15.8. The smallest absolute Gasteiger partial charge is 0.268 e. The van der Waals surface area contributed by atoms with Crippen LogP contribution in [0, 0.1) is 0 Å². The van der Waals surface area contributed by atoms with Gasteiger partial charge < -0.3 is 4.57 Å². The van der Waals surface area contributed by atoms with Crippen molar-refractivity contribution in [2.45, 2.75) is 0 Å². The molecule has 1 aliphatic rings. The Labute approximate surface area is 368 Å². The molecule has 64 heavy (non-hydrogen) atoms. The topological polar surface area (TPSA) is 76.5 Å². The molecule has 11 rings (SSSR count). The van der Waals surface area contributed by atoms with Crippen LogP contribution in [0.5, 0.6) is 0 Å². The number of para-hydroxylation sites is 2. The molecule has 10 aromatic rings. The van der Waals surface area contributed by atoms with E-state index in [1.54, 1.807) is 54.6 Å². The maximum atomic E-state index is 15.8. The van der Waals surface area contributed by atoms with Gasteiger partial charge in [-0.15, -0.1) is 0 Å². The fourth-order valence-corrected chi connectivity index (χ4v) is 9.22. The standard InChI is InChI=1S/C58H36N2O4/c61-55(40-25-12-4-13-26-40)46-32-16-29-43-44-30-17-33-47(56(62)41-27-14-5-15-28-41)53(44)59(52(43)46)50-34-18-31-45-51(50)58(64)60(57(45)63)54-48(38-21-8-2-9-22-38)35-42(37-19-6-1-7-20-37)36-49(54)39-23-10-3-11-24-39/h1-36H. The molecule has 0 saturated heterocycles. The highest BCUT2D eigenvalue weighted by Gasteiger charge is 2.42. The second-order valence-electron chi connectivity index (χ2n) is 15.8. The molecule has 2 heterocycles. The Bertz CT molecular complexity index is 3320. The van der Waals surface area contributed by atoms with E-state index < -0.39 is 11.8 Å². The predicted molar refractivity (Wildman–Crippen MR) is 254 cm³/mol. The lowest BCUT2D eigenvalue weighted by Gasteiger charge is -2.24. The second kappa shape index (κ2) is 15.6. The van der Waals surface area contributed by atoms with Gasteiger partial charge in [0.15, 0.2) is 11.6 Å². The first-order valence-electron chi connectivity index (χ1n) is 21.1. The third kappa shape index (κ3) is 6.19. The average Bonchev–Trinajstić information content (AvgIpc) is 3.84. The monoisotopic (exact) mass is 824 g/mol. The molecule has 0 atom stereocenters. The summed E-state index contributed by atoms with van der Waals surface area (Å²) in [6, 6.07) is 68.2. The van der Waals surface area contributed by atoms with Crippen molar-refractivity contribution in [2.75, 3.05) is 4.90 Å². The van der Waals surface area contributed by atoms with E-state index in [2.05, 4.69) is 0 Å². The highest BCUT2D eigenvalue weighted by molar-refractivity contribution is 6.38. The molecule has 0 saturated carbocycles. The molecule has 0 radical (unpaired) electrons. The number of carbonyl (C=O) groups excluding carboxylic acids is 4. The lowest BCUT2D eigenvalue weighted by atomic mass is 9.90. The van der Waals surface area contributed by atoms with Gasteiger partial charge in [-0.25, -0.2) is 4.90 Å². The molecule has 1 aromatic heterocycles. The molecular weight excluding hydrogens is 789 g/mol. The number of nitrogens with zero attached hydrogens (tertiary/aromatic N) is 2. The summed E-state index contributed by atoms with van der Waals surface area (Å²) in [4.78, 5) is 61.6. The van der Waals surface area contributed by atoms with Crippen molar-refractivity contribution >= 4 is 50.9 Å². The van der Waals surface area contributed by atoms with Gasteiger partial charge in [0.2, 0.25) is 0 Å². The summed E-state index contributed by atoms with van der Waals surface area (Å²) in [5.41, 5.74) is 9.01. The fourth-order valence-electron chi connectivity index (χ4n) is 9.22. The summed E-state index contributed by atoms with van der Waals surface area (Å²) in [6.07, 6.45) is 0. The van der Waals surface area contributed by atoms with Crippen LogP contribution < -0.4 is 4.90 Å². The number of hydrogen-bond acceptors (Lipinski definition) is 4. The number of amides is 2. The number of rotatable bonds is 9. The predicted octanol–water partition coefficient (Wildman–Crippen LogP) is 13.0. The molecule has 6 heteroatoms. The van der Waals surface area contributed by atoms with Crippen LogP contribution in [0.4, 0.5) is 5.69 Å². The zero-order chi connectivity index (χ0) is 43.3. The van der Waals surface area contributed by atoms with E-state index in [1.165, 1.54) is 4.90 Å². The molecule has 302 valence electrons. The van der Waals surface area contributed by atoms with Crippen molar-refractivity contribution in [3.8, 4) is 39.1 Å².